The smallest absolute Gasteiger partial charge is 0.277 e. The summed E-state index contributed by atoms with van der Waals surface area (Å²) in [4.78, 5) is 4.20. The van der Waals surface area contributed by atoms with Gasteiger partial charge in [0, 0.05) is 5.70 Å². The molecule has 0 aromatic carbocycles. The van der Waals surface area contributed by atoms with Crippen LogP contribution in [-0.4, -0.2) is 23.4 Å². The SMILES string of the molecule is CC1=CC2=CC(C)(S(=O)(=O)O)C=CC2=N1. The summed E-state index contributed by atoms with van der Waals surface area (Å²) >= 11 is 0. The summed E-state index contributed by atoms with van der Waals surface area (Å²) in [6.45, 7) is 3.29. The molecule has 0 radical (unpaired) electrons. The van der Waals surface area contributed by atoms with Crippen LogP contribution in [0.5, 0.6) is 0 Å². The lowest BCUT2D eigenvalue weighted by molar-refractivity contribution is 0.466. The Morgan fingerprint density at radius 1 is 1.47 bits per heavy atom. The molecule has 1 unspecified atom stereocenters. The molecule has 2 rings (SSSR count). The Balaban J connectivity index is 2.55. The van der Waals surface area contributed by atoms with Crippen LogP contribution in [0.25, 0.3) is 0 Å². The summed E-state index contributed by atoms with van der Waals surface area (Å²) in [6, 6.07) is 0. The average Bonchev–Trinajstić information content (AvgIpc) is 2.42. The molecule has 80 valence electrons. The van der Waals surface area contributed by atoms with Crippen LogP contribution in [0.3, 0.4) is 0 Å². The number of aliphatic imine (C=N–C) groups is 1. The molecule has 0 saturated carbocycles. The van der Waals surface area contributed by atoms with Crippen molar-refractivity contribution in [3.63, 3.8) is 0 Å². The second-order valence-corrected chi connectivity index (χ2v) is 5.70. The molecule has 2 aliphatic rings. The molecule has 1 aliphatic heterocycles. The Kier molecular flexibility index (Phi) is 1.99. The van der Waals surface area contributed by atoms with Crippen molar-refractivity contribution < 1.29 is 13.0 Å². The summed E-state index contributed by atoms with van der Waals surface area (Å²) in [5.74, 6) is 0. The molecule has 0 fully saturated rings. The molecule has 0 amide bonds. The summed E-state index contributed by atoms with van der Waals surface area (Å²) in [7, 11) is -4.13. The molecule has 15 heavy (non-hydrogen) atoms. The maximum atomic E-state index is 11.2. The summed E-state index contributed by atoms with van der Waals surface area (Å²) < 4.78 is 30.1. The second-order valence-electron chi connectivity index (χ2n) is 3.87. The van der Waals surface area contributed by atoms with Crippen LogP contribution >= 0.6 is 0 Å². The quantitative estimate of drug-likeness (QED) is 0.687. The van der Waals surface area contributed by atoms with Gasteiger partial charge < -0.3 is 0 Å². The molecule has 4 nitrogen and oxygen atoms in total. The minimum Gasteiger partial charge on any atom is -0.285 e. The molecular formula is C10H11NO3S. The molecule has 0 bridgehead atoms. The minimum absolute atomic E-state index is 0.744. The van der Waals surface area contributed by atoms with Gasteiger partial charge in [-0.05, 0) is 37.6 Å². The molecule has 1 atom stereocenters. The monoisotopic (exact) mass is 225 g/mol. The first-order chi connectivity index (χ1) is 6.82. The Bertz CT molecular complexity index is 537. The van der Waals surface area contributed by atoms with Gasteiger partial charge in [0.15, 0.2) is 0 Å². The van der Waals surface area contributed by atoms with E-state index in [9.17, 15) is 8.42 Å². The van der Waals surface area contributed by atoms with Crippen LogP contribution in [0.2, 0.25) is 0 Å². The van der Waals surface area contributed by atoms with E-state index in [0.717, 1.165) is 17.0 Å². The van der Waals surface area contributed by atoms with Crippen LogP contribution in [-0.2, 0) is 10.1 Å². The zero-order chi connectivity index (χ0) is 11.3. The van der Waals surface area contributed by atoms with E-state index < -0.39 is 14.9 Å². The molecule has 1 heterocycles. The maximum absolute atomic E-state index is 11.2. The third-order valence-electron chi connectivity index (χ3n) is 2.53. The van der Waals surface area contributed by atoms with E-state index in [1.54, 1.807) is 12.2 Å². The van der Waals surface area contributed by atoms with Crippen LogP contribution in [0.1, 0.15) is 13.8 Å². The fourth-order valence-corrected chi connectivity index (χ4v) is 2.11. The second kappa shape index (κ2) is 2.90. The van der Waals surface area contributed by atoms with Crippen molar-refractivity contribution in [2.45, 2.75) is 18.6 Å². The minimum atomic E-state index is -4.13. The van der Waals surface area contributed by atoms with Gasteiger partial charge in [-0.15, -0.1) is 0 Å². The van der Waals surface area contributed by atoms with Crippen LogP contribution < -0.4 is 0 Å². The van der Waals surface area contributed by atoms with Gasteiger partial charge in [0.05, 0.1) is 5.71 Å². The van der Waals surface area contributed by atoms with E-state index >= 15 is 0 Å². The molecule has 0 aromatic heterocycles. The highest BCUT2D eigenvalue weighted by Crippen LogP contribution is 2.30. The van der Waals surface area contributed by atoms with E-state index in [0.29, 0.717) is 0 Å². The molecule has 0 spiro atoms. The Morgan fingerprint density at radius 2 is 2.13 bits per heavy atom. The maximum Gasteiger partial charge on any atom is 0.277 e. The lowest BCUT2D eigenvalue weighted by Gasteiger charge is -2.22. The predicted octanol–water partition coefficient (Wildman–Crippen LogP) is 1.49. The third kappa shape index (κ3) is 1.57. The molecule has 0 saturated heterocycles. The first-order valence-electron chi connectivity index (χ1n) is 4.48. The van der Waals surface area contributed by atoms with E-state index in [2.05, 4.69) is 4.99 Å². The Labute approximate surface area is 88.5 Å². The van der Waals surface area contributed by atoms with Gasteiger partial charge in [0.25, 0.3) is 10.1 Å². The standard InChI is InChI=1S/C10H11NO3S/c1-7-5-8-6-10(2,15(12,13)14)4-3-9(8)11-7/h3-6H,1-2H3,(H,12,13,14). The Morgan fingerprint density at radius 3 is 2.73 bits per heavy atom. The van der Waals surface area contributed by atoms with Crippen molar-refractivity contribution in [3.05, 3.63) is 35.6 Å². The normalized spacial score (nSPS) is 29.4. The van der Waals surface area contributed by atoms with Gasteiger partial charge in [-0.3, -0.25) is 9.55 Å². The van der Waals surface area contributed by atoms with Crippen molar-refractivity contribution in [3.8, 4) is 0 Å². The van der Waals surface area contributed by atoms with E-state index in [-0.39, 0.29) is 0 Å². The first kappa shape index (κ1) is 10.3. The highest BCUT2D eigenvalue weighted by atomic mass is 32.2. The predicted molar refractivity (Wildman–Crippen MR) is 58.4 cm³/mol. The van der Waals surface area contributed by atoms with Crippen molar-refractivity contribution in [2.75, 3.05) is 0 Å². The molecule has 0 aromatic rings. The lowest BCUT2D eigenvalue weighted by Crippen LogP contribution is -2.33. The van der Waals surface area contributed by atoms with Crippen LogP contribution in [0.15, 0.2) is 40.6 Å². The topological polar surface area (TPSA) is 66.7 Å². The summed E-state index contributed by atoms with van der Waals surface area (Å²) in [6.07, 6.45) is 6.37. The van der Waals surface area contributed by atoms with Gasteiger partial charge in [-0.2, -0.15) is 8.42 Å². The number of fused-ring (bicyclic) bond motifs is 1. The number of allylic oxidation sites excluding steroid dienone is 4. The van der Waals surface area contributed by atoms with Crippen molar-refractivity contribution in [2.24, 2.45) is 4.99 Å². The van der Waals surface area contributed by atoms with E-state index in [4.69, 9.17) is 4.55 Å². The van der Waals surface area contributed by atoms with Gasteiger partial charge in [-0.1, -0.05) is 6.08 Å². The highest BCUT2D eigenvalue weighted by Gasteiger charge is 2.36. The van der Waals surface area contributed by atoms with Gasteiger partial charge in [0.2, 0.25) is 0 Å². The molecule has 5 heteroatoms. The third-order valence-corrected chi connectivity index (χ3v) is 3.89. The molecular weight excluding hydrogens is 214 g/mol. The van der Waals surface area contributed by atoms with Crippen molar-refractivity contribution in [1.29, 1.82) is 0 Å². The zero-order valence-electron chi connectivity index (χ0n) is 8.43. The highest BCUT2D eigenvalue weighted by molar-refractivity contribution is 7.87. The van der Waals surface area contributed by atoms with Crippen LogP contribution in [0, 0.1) is 0 Å². The fourth-order valence-electron chi connectivity index (χ4n) is 1.60. The number of hydrogen-bond donors (Lipinski definition) is 1. The lowest BCUT2D eigenvalue weighted by atomic mass is 9.97. The fraction of sp³-hybridized carbons (Fsp3) is 0.300. The number of nitrogens with zero attached hydrogens (tertiary/aromatic N) is 1. The summed E-state index contributed by atoms with van der Waals surface area (Å²) in [5, 5.41) is 0. The van der Waals surface area contributed by atoms with Gasteiger partial charge in [-0.25, -0.2) is 0 Å². The largest absolute Gasteiger partial charge is 0.285 e. The molecule has 1 aliphatic carbocycles. The van der Waals surface area contributed by atoms with Gasteiger partial charge >= 0.3 is 0 Å². The number of rotatable bonds is 1. The average molecular weight is 225 g/mol. The Hall–Kier alpha value is -1.20. The van der Waals surface area contributed by atoms with E-state index in [1.807, 2.05) is 6.92 Å². The molecule has 1 N–H and O–H groups in total. The van der Waals surface area contributed by atoms with Crippen LogP contribution in [0.4, 0.5) is 0 Å². The van der Waals surface area contributed by atoms with Crippen molar-refractivity contribution >= 4 is 15.8 Å². The van der Waals surface area contributed by atoms with Gasteiger partial charge in [0.1, 0.15) is 4.75 Å². The summed E-state index contributed by atoms with van der Waals surface area (Å²) in [5.41, 5.74) is 2.32. The first-order valence-corrected chi connectivity index (χ1v) is 5.92. The van der Waals surface area contributed by atoms with Crippen molar-refractivity contribution in [1.82, 2.24) is 0 Å². The zero-order valence-corrected chi connectivity index (χ0v) is 9.25. The number of hydrogen-bond acceptors (Lipinski definition) is 3. The van der Waals surface area contributed by atoms with E-state index in [1.165, 1.54) is 19.1 Å².